The summed E-state index contributed by atoms with van der Waals surface area (Å²) in [5.74, 6) is 0.303. The van der Waals surface area contributed by atoms with E-state index in [1.165, 1.54) is 30.9 Å². The summed E-state index contributed by atoms with van der Waals surface area (Å²) in [5, 5.41) is 12.4. The average molecular weight is 319 g/mol. The monoisotopic (exact) mass is 319 g/mol. The number of piperidine rings is 1. The molecule has 1 aromatic rings. The fourth-order valence-electron chi connectivity index (χ4n) is 3.29. The summed E-state index contributed by atoms with van der Waals surface area (Å²) in [6.45, 7) is 5.99. The molecule has 0 spiro atoms. The van der Waals surface area contributed by atoms with E-state index in [2.05, 4.69) is 24.1 Å². The van der Waals surface area contributed by atoms with E-state index >= 15 is 0 Å². The van der Waals surface area contributed by atoms with Crippen molar-refractivity contribution in [3.8, 4) is 6.07 Å². The Morgan fingerprint density at radius 3 is 2.61 bits per heavy atom. The zero-order valence-corrected chi connectivity index (χ0v) is 14.3. The van der Waals surface area contributed by atoms with Crippen molar-refractivity contribution in [2.45, 2.75) is 45.2 Å². The van der Waals surface area contributed by atoms with E-state index in [4.69, 9.17) is 0 Å². The number of nitrogens with zero attached hydrogens (tertiary/aromatic N) is 4. The molecule has 1 aromatic heterocycles. The Hall–Kier alpha value is -2.07. The first-order chi connectivity index (χ1) is 10.9. The molecule has 0 bridgehead atoms. The third kappa shape index (κ3) is 3.32. The number of anilines is 1. The number of nitrogens with one attached hydrogen (secondary N) is 1. The summed E-state index contributed by atoms with van der Waals surface area (Å²) in [6, 6.07) is 2.71. The van der Waals surface area contributed by atoms with Gasteiger partial charge in [-0.2, -0.15) is 5.26 Å². The molecule has 23 heavy (non-hydrogen) atoms. The highest BCUT2D eigenvalue weighted by Gasteiger charge is 2.23. The van der Waals surface area contributed by atoms with Gasteiger partial charge in [-0.05, 0) is 33.2 Å². The molecule has 0 amide bonds. The van der Waals surface area contributed by atoms with Crippen LogP contribution in [-0.4, -0.2) is 39.2 Å². The van der Waals surface area contributed by atoms with Crippen LogP contribution in [0.3, 0.4) is 0 Å². The van der Waals surface area contributed by atoms with Crippen molar-refractivity contribution in [3.05, 3.63) is 26.4 Å². The fourth-order valence-corrected chi connectivity index (χ4v) is 3.29. The largest absolute Gasteiger partial charge is 0.369 e. The Bertz CT molecular complexity index is 728. The number of aromatic nitrogens is 2. The molecule has 0 aromatic carbocycles. The predicted molar refractivity (Wildman–Crippen MR) is 89.6 cm³/mol. The molecular formula is C16H25N5O2. The minimum Gasteiger partial charge on any atom is -0.369 e. The first-order valence-corrected chi connectivity index (χ1v) is 8.08. The topological polar surface area (TPSA) is 83.1 Å². The summed E-state index contributed by atoms with van der Waals surface area (Å²) in [5.41, 5.74) is -1.01. The molecule has 126 valence electrons. The standard InChI is InChI=1S/C16H25N5O2/c1-11-7-5-6-8-21(11)12(2)10-18-14-13(9-17)15(22)20(4)16(23)19(14)3/h11-12,18H,5-8,10H2,1-4H3/t11-,12-/m0/s1. The molecular weight excluding hydrogens is 294 g/mol. The van der Waals surface area contributed by atoms with Gasteiger partial charge in [-0.1, -0.05) is 6.42 Å². The Morgan fingerprint density at radius 1 is 1.30 bits per heavy atom. The highest BCUT2D eigenvalue weighted by atomic mass is 16.2. The fraction of sp³-hybridized carbons (Fsp3) is 0.688. The van der Waals surface area contributed by atoms with Gasteiger partial charge in [-0.25, -0.2) is 4.79 Å². The lowest BCUT2D eigenvalue weighted by Gasteiger charge is -2.38. The van der Waals surface area contributed by atoms with Crippen LogP contribution >= 0.6 is 0 Å². The molecule has 0 saturated carbocycles. The van der Waals surface area contributed by atoms with E-state index in [1.807, 2.05) is 6.07 Å². The number of rotatable bonds is 4. The number of hydrogen-bond acceptors (Lipinski definition) is 5. The van der Waals surface area contributed by atoms with Gasteiger partial charge in [0, 0.05) is 32.7 Å². The molecule has 1 saturated heterocycles. The number of hydrogen-bond donors (Lipinski definition) is 1. The molecule has 1 N–H and O–H groups in total. The second kappa shape index (κ2) is 7.01. The Morgan fingerprint density at radius 2 is 2.00 bits per heavy atom. The van der Waals surface area contributed by atoms with Crippen LogP contribution in [-0.2, 0) is 14.1 Å². The number of likely N-dealkylation sites (tertiary alicyclic amines) is 1. The molecule has 0 aliphatic carbocycles. The van der Waals surface area contributed by atoms with Crippen LogP contribution in [0, 0.1) is 11.3 Å². The van der Waals surface area contributed by atoms with Crippen molar-refractivity contribution in [2.75, 3.05) is 18.4 Å². The Kier molecular flexibility index (Phi) is 5.26. The Labute approximate surface area is 136 Å². The van der Waals surface area contributed by atoms with Gasteiger partial charge in [0.1, 0.15) is 11.9 Å². The lowest BCUT2D eigenvalue weighted by Crippen LogP contribution is -2.47. The zero-order chi connectivity index (χ0) is 17.1. The summed E-state index contributed by atoms with van der Waals surface area (Å²) in [7, 11) is 2.95. The second-order valence-electron chi connectivity index (χ2n) is 6.35. The van der Waals surface area contributed by atoms with Crippen LogP contribution in [0.5, 0.6) is 0 Å². The summed E-state index contributed by atoms with van der Waals surface area (Å²) < 4.78 is 2.28. The van der Waals surface area contributed by atoms with E-state index in [0.717, 1.165) is 11.1 Å². The number of nitriles is 1. The molecule has 2 heterocycles. The van der Waals surface area contributed by atoms with E-state index < -0.39 is 11.2 Å². The molecule has 7 heteroatoms. The van der Waals surface area contributed by atoms with E-state index in [1.54, 1.807) is 7.05 Å². The molecule has 0 unspecified atom stereocenters. The van der Waals surface area contributed by atoms with E-state index in [0.29, 0.717) is 18.4 Å². The normalized spacial score (nSPS) is 20.0. The van der Waals surface area contributed by atoms with Gasteiger partial charge in [-0.3, -0.25) is 18.8 Å². The van der Waals surface area contributed by atoms with Crippen molar-refractivity contribution in [2.24, 2.45) is 14.1 Å². The zero-order valence-electron chi connectivity index (χ0n) is 14.3. The average Bonchev–Trinajstić information content (AvgIpc) is 2.55. The van der Waals surface area contributed by atoms with Gasteiger partial charge >= 0.3 is 5.69 Å². The van der Waals surface area contributed by atoms with E-state index in [-0.39, 0.29) is 11.6 Å². The van der Waals surface area contributed by atoms with Crippen LogP contribution in [0.25, 0.3) is 0 Å². The maximum Gasteiger partial charge on any atom is 0.332 e. The summed E-state index contributed by atoms with van der Waals surface area (Å²) in [4.78, 5) is 26.5. The lowest BCUT2D eigenvalue weighted by molar-refractivity contribution is 0.120. The maximum atomic E-state index is 12.1. The Balaban J connectivity index is 2.22. The molecule has 7 nitrogen and oxygen atoms in total. The van der Waals surface area contributed by atoms with Crippen LogP contribution in [0.1, 0.15) is 38.7 Å². The molecule has 1 aliphatic rings. The van der Waals surface area contributed by atoms with Crippen molar-refractivity contribution < 1.29 is 0 Å². The second-order valence-corrected chi connectivity index (χ2v) is 6.35. The van der Waals surface area contributed by atoms with Crippen LogP contribution in [0.4, 0.5) is 5.82 Å². The van der Waals surface area contributed by atoms with Gasteiger partial charge in [0.15, 0.2) is 5.56 Å². The van der Waals surface area contributed by atoms with Crippen LogP contribution in [0.2, 0.25) is 0 Å². The molecule has 1 fully saturated rings. The van der Waals surface area contributed by atoms with Crippen LogP contribution in [0.15, 0.2) is 9.59 Å². The lowest BCUT2D eigenvalue weighted by atomic mass is 10.0. The van der Waals surface area contributed by atoms with Crippen LogP contribution < -0.4 is 16.6 Å². The van der Waals surface area contributed by atoms with Gasteiger partial charge < -0.3 is 5.32 Å². The highest BCUT2D eigenvalue weighted by Crippen LogP contribution is 2.19. The third-order valence-corrected chi connectivity index (χ3v) is 4.76. The van der Waals surface area contributed by atoms with Gasteiger partial charge in [-0.15, -0.1) is 0 Å². The summed E-state index contributed by atoms with van der Waals surface area (Å²) in [6.07, 6.45) is 3.65. The SMILES string of the molecule is C[C@H]1CCCCN1[C@@H](C)CNc1c(C#N)c(=O)n(C)c(=O)n1C. The van der Waals surface area contributed by atoms with Crippen molar-refractivity contribution in [1.82, 2.24) is 14.0 Å². The minimum atomic E-state index is -0.558. The first kappa shape index (κ1) is 17.3. The van der Waals surface area contributed by atoms with Gasteiger partial charge in [0.05, 0.1) is 0 Å². The third-order valence-electron chi connectivity index (χ3n) is 4.76. The smallest absolute Gasteiger partial charge is 0.332 e. The molecule has 2 atom stereocenters. The van der Waals surface area contributed by atoms with Crippen molar-refractivity contribution in [3.63, 3.8) is 0 Å². The minimum absolute atomic E-state index is 0.0199. The van der Waals surface area contributed by atoms with Crippen molar-refractivity contribution in [1.29, 1.82) is 5.26 Å². The van der Waals surface area contributed by atoms with Gasteiger partial charge in [0.25, 0.3) is 5.56 Å². The van der Waals surface area contributed by atoms with Gasteiger partial charge in [0.2, 0.25) is 0 Å². The quantitative estimate of drug-likeness (QED) is 0.880. The summed E-state index contributed by atoms with van der Waals surface area (Å²) >= 11 is 0. The maximum absolute atomic E-state index is 12.1. The highest BCUT2D eigenvalue weighted by molar-refractivity contribution is 5.51. The first-order valence-electron chi connectivity index (χ1n) is 8.08. The molecule has 2 rings (SSSR count). The van der Waals surface area contributed by atoms with Crippen molar-refractivity contribution >= 4 is 5.82 Å². The van der Waals surface area contributed by atoms with E-state index in [9.17, 15) is 14.9 Å². The predicted octanol–water partition coefficient (Wildman–Crippen LogP) is 0.630. The molecule has 1 aliphatic heterocycles. The molecule has 0 radical (unpaired) electrons.